The molecule has 0 saturated carbocycles. The zero-order valence-corrected chi connectivity index (χ0v) is 28.2. The molecule has 9 aromatic carbocycles. The Bertz CT molecular complexity index is 2960. The first kappa shape index (κ1) is 29.9. The molecule has 1 heterocycles. The van der Waals surface area contributed by atoms with Crippen LogP contribution >= 0.6 is 0 Å². The molecule has 0 aliphatic rings. The van der Waals surface area contributed by atoms with Gasteiger partial charge >= 0.3 is 0 Å². The number of hydrogen-bond acceptors (Lipinski definition) is 3. The van der Waals surface area contributed by atoms with E-state index in [1.54, 1.807) is 0 Å². The molecule has 10 rings (SSSR count). The van der Waals surface area contributed by atoms with Gasteiger partial charge in [-0.15, -0.1) is 0 Å². The van der Waals surface area contributed by atoms with Crippen molar-refractivity contribution in [3.05, 3.63) is 188 Å². The van der Waals surface area contributed by atoms with E-state index < -0.39 is 0 Å². The van der Waals surface area contributed by atoms with Crippen LogP contribution in [0.3, 0.4) is 0 Å². The maximum absolute atomic E-state index is 5.37. The van der Waals surface area contributed by atoms with Crippen LogP contribution in [0.4, 0.5) is 0 Å². The van der Waals surface area contributed by atoms with Gasteiger partial charge in [0.15, 0.2) is 17.5 Å². The largest absolute Gasteiger partial charge is 0.208 e. The van der Waals surface area contributed by atoms with Gasteiger partial charge in [-0.2, -0.15) is 0 Å². The molecule has 3 heteroatoms. The maximum Gasteiger partial charge on any atom is 0.165 e. The van der Waals surface area contributed by atoms with Crippen LogP contribution in [0.15, 0.2) is 188 Å². The van der Waals surface area contributed by atoms with Crippen molar-refractivity contribution in [3.63, 3.8) is 0 Å². The zero-order valence-electron chi connectivity index (χ0n) is 28.2. The van der Waals surface area contributed by atoms with E-state index in [1.165, 1.54) is 32.5 Å². The Morgan fingerprint density at radius 3 is 1.65 bits per heavy atom. The van der Waals surface area contributed by atoms with Gasteiger partial charge in [0.1, 0.15) is 0 Å². The van der Waals surface area contributed by atoms with E-state index in [0.717, 1.165) is 49.5 Å². The van der Waals surface area contributed by atoms with E-state index in [9.17, 15) is 0 Å². The summed E-state index contributed by atoms with van der Waals surface area (Å²) in [5.41, 5.74) is 7.37. The maximum atomic E-state index is 5.37. The Morgan fingerprint density at radius 2 is 0.808 bits per heavy atom. The Hall–Kier alpha value is -6.97. The molecule has 0 fully saturated rings. The van der Waals surface area contributed by atoms with Crippen LogP contribution in [0.25, 0.3) is 99.5 Å². The smallest absolute Gasteiger partial charge is 0.165 e. The second-order valence-electron chi connectivity index (χ2n) is 13.2. The lowest BCUT2D eigenvalue weighted by atomic mass is 9.92. The zero-order chi connectivity index (χ0) is 34.4. The van der Waals surface area contributed by atoms with Crippen LogP contribution in [0.1, 0.15) is 0 Å². The topological polar surface area (TPSA) is 38.7 Å². The van der Waals surface area contributed by atoms with Crippen molar-refractivity contribution in [2.45, 2.75) is 0 Å². The molecule has 0 radical (unpaired) electrons. The molecule has 0 spiro atoms. The Balaban J connectivity index is 1.27. The summed E-state index contributed by atoms with van der Waals surface area (Å²) in [5, 5.41) is 9.38. The molecule has 0 saturated heterocycles. The molecule has 0 aliphatic heterocycles. The standard InChI is InChI=1S/C49H31N3/c1-2-14-32(15-3-1)39-23-10-11-26-44(39)48-50-47(37-21-12-20-35(30-37)41-27-13-19-33-16-4-7-22-38(33)41)51-49(52-48)46-42-25-9-6-18-36(42)31-45-40-24-8-5-17-34(40)28-29-43(45)46/h1-31H. The summed E-state index contributed by atoms with van der Waals surface area (Å²) in [6.45, 7) is 0. The Morgan fingerprint density at radius 1 is 0.250 bits per heavy atom. The number of rotatable bonds is 5. The van der Waals surface area contributed by atoms with Gasteiger partial charge in [0.25, 0.3) is 0 Å². The fourth-order valence-corrected chi connectivity index (χ4v) is 7.65. The normalized spacial score (nSPS) is 11.5. The quantitative estimate of drug-likeness (QED) is 0.136. The average molecular weight is 662 g/mol. The van der Waals surface area contributed by atoms with Gasteiger partial charge < -0.3 is 0 Å². The van der Waals surface area contributed by atoms with Crippen LogP contribution in [-0.4, -0.2) is 15.0 Å². The fourth-order valence-electron chi connectivity index (χ4n) is 7.65. The molecular weight excluding hydrogens is 631 g/mol. The fraction of sp³-hybridized carbons (Fsp3) is 0. The molecule has 52 heavy (non-hydrogen) atoms. The second kappa shape index (κ2) is 12.4. The first-order valence-corrected chi connectivity index (χ1v) is 17.6. The van der Waals surface area contributed by atoms with Gasteiger partial charge in [-0.25, -0.2) is 15.0 Å². The molecule has 0 aliphatic carbocycles. The number of aromatic nitrogens is 3. The van der Waals surface area contributed by atoms with E-state index >= 15 is 0 Å². The van der Waals surface area contributed by atoms with E-state index in [1.807, 2.05) is 6.07 Å². The summed E-state index contributed by atoms with van der Waals surface area (Å²) in [6, 6.07) is 66.3. The van der Waals surface area contributed by atoms with E-state index in [0.29, 0.717) is 17.5 Å². The molecule has 1 aromatic heterocycles. The number of nitrogens with zero attached hydrogens (tertiary/aromatic N) is 3. The van der Waals surface area contributed by atoms with Gasteiger partial charge in [0, 0.05) is 16.7 Å². The van der Waals surface area contributed by atoms with Crippen LogP contribution < -0.4 is 0 Å². The van der Waals surface area contributed by atoms with Gasteiger partial charge in [0.2, 0.25) is 0 Å². The second-order valence-corrected chi connectivity index (χ2v) is 13.2. The summed E-state index contributed by atoms with van der Waals surface area (Å²) in [5.74, 6) is 1.92. The van der Waals surface area contributed by atoms with Crippen molar-refractivity contribution in [1.82, 2.24) is 15.0 Å². The molecule has 0 amide bonds. The lowest BCUT2D eigenvalue weighted by Gasteiger charge is -2.16. The molecule has 242 valence electrons. The summed E-state index contributed by atoms with van der Waals surface area (Å²) in [4.78, 5) is 16.0. The van der Waals surface area contributed by atoms with Crippen molar-refractivity contribution < 1.29 is 0 Å². The van der Waals surface area contributed by atoms with Crippen molar-refractivity contribution in [2.75, 3.05) is 0 Å². The summed E-state index contributed by atoms with van der Waals surface area (Å²) < 4.78 is 0. The van der Waals surface area contributed by atoms with Crippen molar-refractivity contribution in [3.8, 4) is 56.4 Å². The molecular formula is C49H31N3. The van der Waals surface area contributed by atoms with Crippen LogP contribution in [0.2, 0.25) is 0 Å². The van der Waals surface area contributed by atoms with E-state index in [2.05, 4.69) is 182 Å². The van der Waals surface area contributed by atoms with Gasteiger partial charge in [0.05, 0.1) is 0 Å². The molecule has 10 aromatic rings. The highest BCUT2D eigenvalue weighted by Crippen LogP contribution is 2.40. The SMILES string of the molecule is c1ccc(-c2ccccc2-c2nc(-c3cccc(-c4cccc5ccccc45)c3)nc(-c3c4ccccc4cc4c3ccc3ccccc34)n2)cc1. The predicted molar refractivity (Wildman–Crippen MR) is 217 cm³/mol. The van der Waals surface area contributed by atoms with Gasteiger partial charge in [-0.3, -0.25) is 0 Å². The summed E-state index contributed by atoms with van der Waals surface area (Å²) in [7, 11) is 0. The van der Waals surface area contributed by atoms with Crippen molar-refractivity contribution >= 4 is 43.1 Å². The Kier molecular flexibility index (Phi) is 7.14. The van der Waals surface area contributed by atoms with Gasteiger partial charge in [-0.05, 0) is 77.5 Å². The van der Waals surface area contributed by atoms with E-state index in [4.69, 9.17) is 15.0 Å². The first-order valence-electron chi connectivity index (χ1n) is 17.6. The van der Waals surface area contributed by atoms with Crippen LogP contribution in [0.5, 0.6) is 0 Å². The molecule has 0 unspecified atom stereocenters. The minimum absolute atomic E-state index is 0.631. The highest BCUT2D eigenvalue weighted by molar-refractivity contribution is 6.19. The molecule has 3 nitrogen and oxygen atoms in total. The predicted octanol–water partition coefficient (Wildman–Crippen LogP) is 12.8. The first-order chi connectivity index (χ1) is 25.8. The molecule has 0 atom stereocenters. The minimum Gasteiger partial charge on any atom is -0.208 e. The number of fused-ring (bicyclic) bond motifs is 5. The third kappa shape index (κ3) is 5.10. The summed E-state index contributed by atoms with van der Waals surface area (Å²) >= 11 is 0. The molecule has 0 N–H and O–H groups in total. The third-order valence-corrected chi connectivity index (χ3v) is 10.1. The minimum atomic E-state index is 0.631. The highest BCUT2D eigenvalue weighted by atomic mass is 15.0. The summed E-state index contributed by atoms with van der Waals surface area (Å²) in [6.07, 6.45) is 0. The number of benzene rings is 9. The lowest BCUT2D eigenvalue weighted by molar-refractivity contribution is 1.08. The lowest BCUT2D eigenvalue weighted by Crippen LogP contribution is -2.02. The van der Waals surface area contributed by atoms with Gasteiger partial charge in [-0.1, -0.05) is 176 Å². The highest BCUT2D eigenvalue weighted by Gasteiger charge is 2.20. The third-order valence-electron chi connectivity index (χ3n) is 10.1. The monoisotopic (exact) mass is 661 g/mol. The average Bonchev–Trinajstić information content (AvgIpc) is 3.22. The Labute approximate surface area is 301 Å². The van der Waals surface area contributed by atoms with Crippen LogP contribution in [0, 0.1) is 0 Å². The van der Waals surface area contributed by atoms with Crippen molar-refractivity contribution in [2.24, 2.45) is 0 Å². The molecule has 0 bridgehead atoms. The van der Waals surface area contributed by atoms with Crippen molar-refractivity contribution in [1.29, 1.82) is 0 Å². The number of hydrogen-bond donors (Lipinski definition) is 0. The van der Waals surface area contributed by atoms with E-state index in [-0.39, 0.29) is 0 Å². The van der Waals surface area contributed by atoms with Crippen LogP contribution in [-0.2, 0) is 0 Å².